The zero-order chi connectivity index (χ0) is 27.0. The minimum Gasteiger partial charge on any atom is -0.494 e. The Kier molecular flexibility index (Phi) is 7.23. The first-order valence-electron chi connectivity index (χ1n) is 11.4. The maximum absolute atomic E-state index is 11.8. The third-order valence-electron chi connectivity index (χ3n) is 5.99. The second kappa shape index (κ2) is 10.5. The molecule has 0 saturated carbocycles. The van der Waals surface area contributed by atoms with Crippen molar-refractivity contribution in [2.45, 2.75) is 12.1 Å². The van der Waals surface area contributed by atoms with Gasteiger partial charge in [0.1, 0.15) is 23.3 Å². The molecule has 2 atom stereocenters. The number of hydrogen-bond acceptors (Lipinski definition) is 6. The van der Waals surface area contributed by atoms with Gasteiger partial charge in [0.05, 0.1) is 40.8 Å². The number of nitrogens with one attached hydrogen (secondary N) is 2. The van der Waals surface area contributed by atoms with Crippen molar-refractivity contribution in [2.75, 3.05) is 23.0 Å². The Balaban J connectivity index is 1.61. The summed E-state index contributed by atoms with van der Waals surface area (Å²) in [5, 5.41) is 4.62. The van der Waals surface area contributed by atoms with Crippen LogP contribution in [-0.2, 0) is 10.0 Å². The van der Waals surface area contributed by atoms with E-state index in [-0.39, 0.29) is 6.04 Å². The molecule has 0 aliphatic carbocycles. The van der Waals surface area contributed by atoms with E-state index < -0.39 is 16.1 Å². The quantitative estimate of drug-likeness (QED) is 0.246. The number of aromatic nitrogens is 1. The van der Waals surface area contributed by atoms with Crippen molar-refractivity contribution in [1.29, 1.82) is 0 Å². The average Bonchev–Trinajstić information content (AvgIpc) is 3.50. The van der Waals surface area contributed by atoms with Crippen LogP contribution in [0.1, 0.15) is 23.5 Å². The third-order valence-corrected chi connectivity index (χ3v) is 7.72. The number of hydrogen-bond donors (Lipinski definition) is 2. The second-order valence-corrected chi connectivity index (χ2v) is 11.5. The molecule has 0 bridgehead atoms. The van der Waals surface area contributed by atoms with E-state index in [4.69, 9.17) is 44.6 Å². The fourth-order valence-corrected chi connectivity index (χ4v) is 5.69. The average molecular weight is 590 g/mol. The molecule has 1 fully saturated rings. The molecule has 0 spiro atoms. The van der Waals surface area contributed by atoms with E-state index >= 15 is 0 Å². The van der Waals surface area contributed by atoms with E-state index in [0.29, 0.717) is 49.4 Å². The van der Waals surface area contributed by atoms with E-state index in [9.17, 15) is 8.42 Å². The van der Waals surface area contributed by atoms with Gasteiger partial charge in [0.25, 0.3) is 0 Å². The van der Waals surface area contributed by atoms with Crippen molar-refractivity contribution in [3.63, 3.8) is 0 Å². The number of rotatable bonds is 7. The highest BCUT2D eigenvalue weighted by Gasteiger charge is 2.43. The number of furan rings is 1. The standard InChI is InChI=1S/C26H22Cl2N4O4S2/c1-35-22-14-15(9-10-18(22)31-38(2,33)34)32-25(24(30-26(32)37)19-8-3-4-13-29-19)21-12-11-20(36-21)16-6-5-7-17(27)23(16)28/h3-14,24-25,31H,1-2H3,(H,30,37)/t24-,25+/m0/s1. The molecular weight excluding hydrogens is 567 g/mol. The summed E-state index contributed by atoms with van der Waals surface area (Å²) in [6.07, 6.45) is 2.79. The molecule has 1 aliphatic rings. The maximum atomic E-state index is 11.8. The van der Waals surface area contributed by atoms with E-state index in [1.807, 2.05) is 41.3 Å². The molecule has 1 saturated heterocycles. The number of sulfonamides is 1. The normalized spacial score (nSPS) is 17.4. The van der Waals surface area contributed by atoms with E-state index in [1.54, 1.807) is 36.5 Å². The van der Waals surface area contributed by atoms with Crippen LogP contribution in [0.5, 0.6) is 5.75 Å². The Morgan fingerprint density at radius 3 is 2.63 bits per heavy atom. The topological polar surface area (TPSA) is 96.7 Å². The summed E-state index contributed by atoms with van der Waals surface area (Å²) in [5.74, 6) is 1.49. The molecule has 38 heavy (non-hydrogen) atoms. The number of nitrogens with zero attached hydrogens (tertiary/aromatic N) is 2. The summed E-state index contributed by atoms with van der Waals surface area (Å²) < 4.78 is 37.9. The van der Waals surface area contributed by atoms with Crippen molar-refractivity contribution in [2.24, 2.45) is 0 Å². The van der Waals surface area contributed by atoms with Gasteiger partial charge in [0.2, 0.25) is 10.0 Å². The van der Waals surface area contributed by atoms with E-state index in [1.165, 1.54) is 7.11 Å². The Morgan fingerprint density at radius 2 is 1.92 bits per heavy atom. The zero-order valence-corrected chi connectivity index (χ0v) is 23.3. The van der Waals surface area contributed by atoms with Crippen molar-refractivity contribution in [3.05, 3.63) is 94.4 Å². The van der Waals surface area contributed by atoms with Crippen LogP contribution in [-0.4, -0.2) is 31.9 Å². The molecule has 2 aromatic carbocycles. The van der Waals surface area contributed by atoms with Gasteiger partial charge in [-0.25, -0.2) is 8.42 Å². The molecule has 12 heteroatoms. The third kappa shape index (κ3) is 5.17. The Morgan fingerprint density at radius 1 is 1.11 bits per heavy atom. The highest BCUT2D eigenvalue weighted by molar-refractivity contribution is 7.92. The summed E-state index contributed by atoms with van der Waals surface area (Å²) >= 11 is 18.5. The first-order valence-corrected chi connectivity index (χ1v) is 14.4. The van der Waals surface area contributed by atoms with Gasteiger partial charge in [-0.1, -0.05) is 35.3 Å². The SMILES string of the molecule is COc1cc(N2C(=S)N[C@@H](c3ccccn3)[C@H]2c2ccc(-c3cccc(Cl)c3Cl)o2)ccc1NS(C)(=O)=O. The van der Waals surface area contributed by atoms with Crippen LogP contribution in [0.2, 0.25) is 10.0 Å². The van der Waals surface area contributed by atoms with Crippen LogP contribution in [0, 0.1) is 0 Å². The van der Waals surface area contributed by atoms with Crippen molar-refractivity contribution in [3.8, 4) is 17.1 Å². The lowest BCUT2D eigenvalue weighted by molar-refractivity contribution is 0.416. The van der Waals surface area contributed by atoms with Crippen molar-refractivity contribution >= 4 is 61.9 Å². The van der Waals surface area contributed by atoms with Gasteiger partial charge in [0.15, 0.2) is 5.11 Å². The van der Waals surface area contributed by atoms with Gasteiger partial charge in [-0.15, -0.1) is 0 Å². The first-order chi connectivity index (χ1) is 18.2. The monoisotopic (exact) mass is 588 g/mol. The maximum Gasteiger partial charge on any atom is 0.229 e. The van der Waals surface area contributed by atoms with E-state index in [0.717, 1.165) is 11.9 Å². The van der Waals surface area contributed by atoms with Crippen molar-refractivity contribution < 1.29 is 17.6 Å². The van der Waals surface area contributed by atoms with Crippen LogP contribution in [0.3, 0.4) is 0 Å². The Hall–Kier alpha value is -3.31. The largest absolute Gasteiger partial charge is 0.494 e. The molecule has 2 aromatic heterocycles. The van der Waals surface area contributed by atoms with Gasteiger partial charge in [-0.3, -0.25) is 9.71 Å². The summed E-state index contributed by atoms with van der Waals surface area (Å²) in [6.45, 7) is 0. The molecule has 8 nitrogen and oxygen atoms in total. The fraction of sp³-hybridized carbons (Fsp3) is 0.154. The van der Waals surface area contributed by atoms with Crippen LogP contribution in [0.25, 0.3) is 11.3 Å². The molecule has 0 unspecified atom stereocenters. The number of anilines is 2. The van der Waals surface area contributed by atoms with Gasteiger partial charge in [-0.2, -0.15) is 0 Å². The number of methoxy groups -OCH3 is 1. The Labute approximate surface area is 235 Å². The highest BCUT2D eigenvalue weighted by Crippen LogP contribution is 2.45. The van der Waals surface area contributed by atoms with Crippen LogP contribution in [0.15, 0.2) is 77.3 Å². The molecule has 2 N–H and O–H groups in total. The fourth-order valence-electron chi connectivity index (χ4n) is 4.39. The summed E-state index contributed by atoms with van der Waals surface area (Å²) in [4.78, 5) is 6.44. The summed E-state index contributed by atoms with van der Waals surface area (Å²) in [7, 11) is -2.04. The predicted octanol–water partition coefficient (Wildman–Crippen LogP) is 6.21. The molecule has 196 valence electrons. The minimum absolute atomic E-state index is 0.311. The lowest BCUT2D eigenvalue weighted by Crippen LogP contribution is -2.29. The number of thiocarbonyl (C=S) groups is 1. The lowest BCUT2D eigenvalue weighted by atomic mass is 10.0. The van der Waals surface area contributed by atoms with Gasteiger partial charge in [0, 0.05) is 23.5 Å². The minimum atomic E-state index is -3.51. The smallest absolute Gasteiger partial charge is 0.229 e. The van der Waals surface area contributed by atoms with Crippen molar-refractivity contribution in [1.82, 2.24) is 10.3 Å². The number of ether oxygens (including phenoxy) is 1. The molecule has 0 radical (unpaired) electrons. The van der Waals surface area contributed by atoms with Gasteiger partial charge < -0.3 is 19.4 Å². The van der Waals surface area contributed by atoms with Gasteiger partial charge >= 0.3 is 0 Å². The zero-order valence-electron chi connectivity index (χ0n) is 20.2. The summed E-state index contributed by atoms with van der Waals surface area (Å²) in [6, 6.07) is 19.0. The molecule has 0 amide bonds. The van der Waals surface area contributed by atoms with Gasteiger partial charge in [-0.05, 0) is 60.7 Å². The lowest BCUT2D eigenvalue weighted by Gasteiger charge is -2.27. The van der Waals surface area contributed by atoms with Crippen LogP contribution in [0.4, 0.5) is 11.4 Å². The molecule has 1 aliphatic heterocycles. The molecule has 5 rings (SSSR count). The summed E-state index contributed by atoms with van der Waals surface area (Å²) in [5.41, 5.74) is 2.41. The van der Waals surface area contributed by atoms with E-state index in [2.05, 4.69) is 15.0 Å². The molecule has 3 heterocycles. The second-order valence-electron chi connectivity index (χ2n) is 8.56. The number of halogens is 2. The highest BCUT2D eigenvalue weighted by atomic mass is 35.5. The molecular formula is C26H22Cl2N4O4S2. The van der Waals surface area contributed by atoms with Crippen LogP contribution < -0.4 is 19.7 Å². The predicted molar refractivity (Wildman–Crippen MR) is 154 cm³/mol. The molecule has 4 aromatic rings. The number of benzene rings is 2. The number of pyridine rings is 1. The Bertz CT molecular complexity index is 1610. The van der Waals surface area contributed by atoms with Crippen LogP contribution >= 0.6 is 35.4 Å². The first kappa shape index (κ1) is 26.3.